The van der Waals surface area contributed by atoms with E-state index >= 15 is 0 Å². The van der Waals surface area contributed by atoms with E-state index in [-0.39, 0.29) is 5.03 Å². The molecule has 1 aliphatic rings. The number of aliphatic hydroxyl groups is 1. The maximum absolute atomic E-state index is 12.4. The summed E-state index contributed by atoms with van der Waals surface area (Å²) in [6.07, 6.45) is 1.15. The van der Waals surface area contributed by atoms with Gasteiger partial charge in [-0.1, -0.05) is 24.3 Å². The maximum Gasteiger partial charge on any atom is 0.260 e. The van der Waals surface area contributed by atoms with Gasteiger partial charge in [0.25, 0.3) is 10.0 Å². The molecule has 0 spiro atoms. The van der Waals surface area contributed by atoms with Gasteiger partial charge in [0.2, 0.25) is 0 Å². The lowest BCUT2D eigenvalue weighted by Crippen LogP contribution is -2.34. The molecule has 21 heavy (non-hydrogen) atoms. The van der Waals surface area contributed by atoms with Crippen LogP contribution in [0.4, 0.5) is 0 Å². The van der Waals surface area contributed by atoms with Crippen LogP contribution < -0.4 is 4.72 Å². The lowest BCUT2D eigenvalue weighted by molar-refractivity contribution is 0.151. The molecule has 7 heteroatoms. The Kier molecular flexibility index (Phi) is 3.35. The van der Waals surface area contributed by atoms with Gasteiger partial charge in [-0.2, -0.15) is 4.72 Å². The van der Waals surface area contributed by atoms with E-state index in [0.717, 1.165) is 11.1 Å². The number of aryl methyl sites for hydroxylation is 2. The Labute approximate surface area is 123 Å². The first-order chi connectivity index (χ1) is 9.88. The molecule has 0 fully saturated rings. The highest BCUT2D eigenvalue weighted by Crippen LogP contribution is 2.32. The van der Waals surface area contributed by atoms with Gasteiger partial charge in [-0.25, -0.2) is 13.4 Å². The Morgan fingerprint density at radius 2 is 2.10 bits per heavy atom. The number of aliphatic hydroxyl groups excluding tert-OH is 1. The van der Waals surface area contributed by atoms with Gasteiger partial charge in [-0.05, 0) is 18.1 Å². The van der Waals surface area contributed by atoms with Crippen molar-refractivity contribution in [2.75, 3.05) is 0 Å². The second-order valence-electron chi connectivity index (χ2n) is 5.31. The van der Waals surface area contributed by atoms with E-state index in [0.29, 0.717) is 12.2 Å². The Hall–Kier alpha value is -1.70. The number of nitrogens with zero attached hydrogens (tertiary/aromatic N) is 2. The molecular formula is C14H17N3O3S. The third-order valence-corrected chi connectivity index (χ3v) is 5.16. The van der Waals surface area contributed by atoms with Crippen molar-refractivity contribution in [2.45, 2.75) is 30.5 Å². The SMILES string of the molecule is Cc1nc(S(=O)(=O)N[C@@H]2c3ccccc3C[C@@H]2O)cn1C. The zero-order chi connectivity index (χ0) is 15.2. The number of hydrogen-bond acceptors (Lipinski definition) is 4. The fourth-order valence-corrected chi connectivity index (χ4v) is 3.89. The standard InChI is InChI=1S/C14H17N3O3S/c1-9-15-13(8-17(9)2)21(19,20)16-14-11-6-4-3-5-10(11)7-12(14)18/h3-6,8,12,14,16,18H,7H2,1-2H3/t12-,14+/m0/s1. The predicted molar refractivity (Wildman–Crippen MR) is 77.2 cm³/mol. The largest absolute Gasteiger partial charge is 0.391 e. The monoisotopic (exact) mass is 307 g/mol. The molecule has 0 saturated heterocycles. The van der Waals surface area contributed by atoms with Gasteiger partial charge in [-0.3, -0.25) is 0 Å². The van der Waals surface area contributed by atoms with Crippen LogP contribution in [0.15, 0.2) is 35.5 Å². The summed E-state index contributed by atoms with van der Waals surface area (Å²) in [4.78, 5) is 4.04. The molecule has 112 valence electrons. The summed E-state index contributed by atoms with van der Waals surface area (Å²) in [5, 5.41) is 10.1. The Balaban J connectivity index is 1.93. The smallest absolute Gasteiger partial charge is 0.260 e. The van der Waals surface area contributed by atoms with Crippen LogP contribution in [0.5, 0.6) is 0 Å². The summed E-state index contributed by atoms with van der Waals surface area (Å²) in [6.45, 7) is 1.73. The van der Waals surface area contributed by atoms with Crippen molar-refractivity contribution >= 4 is 10.0 Å². The number of benzene rings is 1. The Morgan fingerprint density at radius 3 is 2.76 bits per heavy atom. The minimum absolute atomic E-state index is 0.0286. The number of aromatic nitrogens is 2. The highest BCUT2D eigenvalue weighted by molar-refractivity contribution is 7.89. The van der Waals surface area contributed by atoms with Gasteiger partial charge in [0.05, 0.1) is 12.1 Å². The third-order valence-electron chi connectivity index (χ3n) is 3.85. The summed E-state index contributed by atoms with van der Waals surface area (Å²) >= 11 is 0. The highest BCUT2D eigenvalue weighted by Gasteiger charge is 2.35. The van der Waals surface area contributed by atoms with Crippen LogP contribution in [0.1, 0.15) is 23.0 Å². The highest BCUT2D eigenvalue weighted by atomic mass is 32.2. The first-order valence-electron chi connectivity index (χ1n) is 6.66. The molecular weight excluding hydrogens is 290 g/mol. The average molecular weight is 307 g/mol. The van der Waals surface area contributed by atoms with Gasteiger partial charge >= 0.3 is 0 Å². The quantitative estimate of drug-likeness (QED) is 0.873. The van der Waals surface area contributed by atoms with E-state index in [9.17, 15) is 13.5 Å². The van der Waals surface area contributed by atoms with Crippen molar-refractivity contribution in [3.63, 3.8) is 0 Å². The zero-order valence-electron chi connectivity index (χ0n) is 11.8. The average Bonchev–Trinajstić information content (AvgIpc) is 2.92. The molecule has 0 bridgehead atoms. The topological polar surface area (TPSA) is 84.2 Å². The minimum atomic E-state index is -3.76. The molecule has 2 aromatic rings. The summed E-state index contributed by atoms with van der Waals surface area (Å²) < 4.78 is 29.0. The molecule has 6 nitrogen and oxygen atoms in total. The van der Waals surface area contributed by atoms with E-state index < -0.39 is 22.2 Å². The Bertz CT molecular complexity index is 763. The van der Waals surface area contributed by atoms with Crippen molar-refractivity contribution in [3.8, 4) is 0 Å². The van der Waals surface area contributed by atoms with Crippen LogP contribution in [0, 0.1) is 6.92 Å². The van der Waals surface area contributed by atoms with E-state index in [2.05, 4.69) is 9.71 Å². The molecule has 3 rings (SSSR count). The van der Waals surface area contributed by atoms with Crippen molar-refractivity contribution in [3.05, 3.63) is 47.4 Å². The van der Waals surface area contributed by atoms with Gasteiger partial charge in [-0.15, -0.1) is 0 Å². The molecule has 2 N–H and O–H groups in total. The first-order valence-corrected chi connectivity index (χ1v) is 8.15. The van der Waals surface area contributed by atoms with Gasteiger partial charge < -0.3 is 9.67 Å². The summed E-state index contributed by atoms with van der Waals surface area (Å²) in [7, 11) is -2.03. The van der Waals surface area contributed by atoms with Crippen LogP contribution in [-0.2, 0) is 23.5 Å². The minimum Gasteiger partial charge on any atom is -0.391 e. The van der Waals surface area contributed by atoms with E-state index in [1.165, 1.54) is 6.20 Å². The van der Waals surface area contributed by atoms with Crippen molar-refractivity contribution in [2.24, 2.45) is 7.05 Å². The maximum atomic E-state index is 12.4. The normalized spacial score (nSPS) is 21.5. The summed E-state index contributed by atoms with van der Waals surface area (Å²) in [5.74, 6) is 0.614. The lowest BCUT2D eigenvalue weighted by Gasteiger charge is -2.17. The number of rotatable bonds is 3. The lowest BCUT2D eigenvalue weighted by atomic mass is 10.1. The molecule has 1 aromatic carbocycles. The molecule has 0 radical (unpaired) electrons. The van der Waals surface area contributed by atoms with Crippen LogP contribution in [0.25, 0.3) is 0 Å². The fourth-order valence-electron chi connectivity index (χ4n) is 2.60. The van der Waals surface area contributed by atoms with Crippen LogP contribution >= 0.6 is 0 Å². The molecule has 0 aliphatic heterocycles. The van der Waals surface area contributed by atoms with E-state index in [4.69, 9.17) is 0 Å². The van der Waals surface area contributed by atoms with E-state index in [1.807, 2.05) is 24.3 Å². The molecule has 1 aromatic heterocycles. The first kappa shape index (κ1) is 14.2. The number of hydrogen-bond donors (Lipinski definition) is 2. The summed E-state index contributed by atoms with van der Waals surface area (Å²) in [6, 6.07) is 6.82. The fraction of sp³-hybridized carbons (Fsp3) is 0.357. The number of fused-ring (bicyclic) bond motifs is 1. The number of sulfonamides is 1. The van der Waals surface area contributed by atoms with Gasteiger partial charge in [0.15, 0.2) is 5.03 Å². The molecule has 1 heterocycles. The Morgan fingerprint density at radius 1 is 1.38 bits per heavy atom. The van der Waals surface area contributed by atoms with Crippen molar-refractivity contribution in [1.82, 2.24) is 14.3 Å². The third kappa shape index (κ3) is 2.48. The second-order valence-corrected chi connectivity index (χ2v) is 6.97. The van der Waals surface area contributed by atoms with Crippen molar-refractivity contribution < 1.29 is 13.5 Å². The van der Waals surface area contributed by atoms with Gasteiger partial charge in [0.1, 0.15) is 5.82 Å². The van der Waals surface area contributed by atoms with E-state index in [1.54, 1.807) is 18.5 Å². The molecule has 0 saturated carbocycles. The van der Waals surface area contributed by atoms with Crippen LogP contribution in [-0.4, -0.2) is 29.2 Å². The molecule has 2 atom stereocenters. The molecule has 0 unspecified atom stereocenters. The number of nitrogens with one attached hydrogen (secondary N) is 1. The van der Waals surface area contributed by atoms with Gasteiger partial charge in [0, 0.05) is 19.7 Å². The zero-order valence-corrected chi connectivity index (χ0v) is 12.6. The van der Waals surface area contributed by atoms with Crippen LogP contribution in [0.2, 0.25) is 0 Å². The second kappa shape index (κ2) is 4.94. The molecule has 1 aliphatic carbocycles. The van der Waals surface area contributed by atoms with Crippen LogP contribution in [0.3, 0.4) is 0 Å². The van der Waals surface area contributed by atoms with Crippen molar-refractivity contribution in [1.29, 1.82) is 0 Å². The number of imidazole rings is 1. The predicted octanol–water partition coefficient (Wildman–Crippen LogP) is 0.665. The molecule has 0 amide bonds. The summed E-state index contributed by atoms with van der Waals surface area (Å²) in [5.41, 5.74) is 1.79.